The highest BCUT2D eigenvalue weighted by molar-refractivity contribution is 5.92. The molecule has 0 aromatic heterocycles. The van der Waals surface area contributed by atoms with Gasteiger partial charge in [-0.15, -0.1) is 0 Å². The maximum absolute atomic E-state index is 12.6. The molecule has 1 N–H and O–H groups in total. The Kier molecular flexibility index (Phi) is 6.51. The van der Waals surface area contributed by atoms with Gasteiger partial charge in [-0.1, -0.05) is 18.2 Å². The summed E-state index contributed by atoms with van der Waals surface area (Å²) in [5.41, 5.74) is 4.52. The smallest absolute Gasteiger partial charge is 0.227 e. The Morgan fingerprint density at radius 3 is 2.48 bits per heavy atom. The van der Waals surface area contributed by atoms with E-state index in [1.54, 1.807) is 0 Å². The minimum atomic E-state index is 0.0943. The van der Waals surface area contributed by atoms with E-state index < -0.39 is 0 Å². The molecule has 1 saturated heterocycles. The quantitative estimate of drug-likeness (QED) is 0.815. The molecule has 0 saturated carbocycles. The first kappa shape index (κ1) is 19.4. The van der Waals surface area contributed by atoms with Crippen molar-refractivity contribution in [2.24, 2.45) is 5.92 Å². The van der Waals surface area contributed by atoms with Crippen molar-refractivity contribution in [3.05, 3.63) is 59.2 Å². The van der Waals surface area contributed by atoms with Crippen molar-refractivity contribution >= 4 is 11.6 Å². The molecule has 144 valence electrons. The first-order chi connectivity index (χ1) is 13.0. The van der Waals surface area contributed by atoms with E-state index in [4.69, 9.17) is 4.74 Å². The Balaban J connectivity index is 1.51. The van der Waals surface area contributed by atoms with E-state index in [1.165, 1.54) is 16.7 Å². The molecule has 0 atom stereocenters. The van der Waals surface area contributed by atoms with Crippen LogP contribution in [0.1, 0.15) is 36.5 Å². The fourth-order valence-corrected chi connectivity index (χ4v) is 3.80. The van der Waals surface area contributed by atoms with Gasteiger partial charge in [0.05, 0.1) is 6.61 Å². The molecule has 3 rings (SSSR count). The summed E-state index contributed by atoms with van der Waals surface area (Å²) >= 11 is 0. The molecule has 1 heterocycles. The van der Waals surface area contributed by atoms with E-state index in [0.717, 1.165) is 43.9 Å². The monoisotopic (exact) mass is 366 g/mol. The van der Waals surface area contributed by atoms with Crippen molar-refractivity contribution in [1.29, 1.82) is 0 Å². The third-order valence-corrected chi connectivity index (χ3v) is 5.06. The molecule has 1 aliphatic rings. The molecule has 1 fully saturated rings. The second kappa shape index (κ2) is 9.05. The zero-order valence-electron chi connectivity index (χ0n) is 16.6. The average Bonchev–Trinajstić information content (AvgIpc) is 2.62. The number of carbonyl (C=O) groups excluding carboxylic acids is 1. The molecule has 1 aliphatic heterocycles. The topological polar surface area (TPSA) is 41.6 Å². The van der Waals surface area contributed by atoms with E-state index in [2.05, 4.69) is 42.3 Å². The maximum Gasteiger partial charge on any atom is 0.227 e. The second-order valence-corrected chi connectivity index (χ2v) is 7.50. The Labute approximate surface area is 162 Å². The van der Waals surface area contributed by atoms with Crippen LogP contribution in [0.15, 0.2) is 42.5 Å². The fraction of sp³-hybridized carbons (Fsp3) is 0.435. The highest BCUT2D eigenvalue weighted by Crippen LogP contribution is 2.23. The number of hydrogen-bond donors (Lipinski definition) is 1. The molecular weight excluding hydrogens is 336 g/mol. The molecule has 4 heteroatoms. The van der Waals surface area contributed by atoms with Crippen LogP contribution in [-0.2, 0) is 11.3 Å². The summed E-state index contributed by atoms with van der Waals surface area (Å²) in [6.07, 6.45) is 1.81. The van der Waals surface area contributed by atoms with Crippen molar-refractivity contribution in [1.82, 2.24) is 4.90 Å². The summed E-state index contributed by atoms with van der Waals surface area (Å²) in [4.78, 5) is 15.0. The molecule has 2 aromatic carbocycles. The molecule has 2 aromatic rings. The van der Waals surface area contributed by atoms with Crippen LogP contribution in [0.3, 0.4) is 0 Å². The van der Waals surface area contributed by atoms with Crippen molar-refractivity contribution in [2.75, 3.05) is 25.0 Å². The fourth-order valence-electron chi connectivity index (χ4n) is 3.80. The number of amides is 1. The number of carbonyl (C=O) groups is 1. The normalized spacial score (nSPS) is 15.5. The van der Waals surface area contributed by atoms with Crippen molar-refractivity contribution in [3.8, 4) is 5.75 Å². The molecule has 0 aliphatic carbocycles. The SMILES string of the molecule is CCOc1cccc(CN2CCC(C(=O)Nc3cc(C)cc(C)c3)CC2)c1. The molecule has 27 heavy (non-hydrogen) atoms. The maximum atomic E-state index is 12.6. The predicted octanol–water partition coefficient (Wildman–Crippen LogP) is 4.55. The number of nitrogens with one attached hydrogen (secondary N) is 1. The molecule has 0 radical (unpaired) electrons. The molecule has 0 unspecified atom stereocenters. The second-order valence-electron chi connectivity index (χ2n) is 7.50. The van der Waals surface area contributed by atoms with E-state index in [-0.39, 0.29) is 11.8 Å². The third-order valence-electron chi connectivity index (χ3n) is 5.06. The predicted molar refractivity (Wildman–Crippen MR) is 110 cm³/mol. The molecule has 0 spiro atoms. The van der Waals surface area contributed by atoms with Crippen LogP contribution in [0.2, 0.25) is 0 Å². The van der Waals surface area contributed by atoms with Gasteiger partial charge < -0.3 is 10.1 Å². The van der Waals surface area contributed by atoms with E-state index >= 15 is 0 Å². The molecule has 0 bridgehead atoms. The van der Waals surface area contributed by atoms with Gasteiger partial charge in [0, 0.05) is 18.2 Å². The summed E-state index contributed by atoms with van der Waals surface area (Å²) in [5.74, 6) is 1.17. The van der Waals surface area contributed by atoms with Crippen LogP contribution in [0.25, 0.3) is 0 Å². The van der Waals surface area contributed by atoms with Gasteiger partial charge in [-0.25, -0.2) is 0 Å². The summed E-state index contributed by atoms with van der Waals surface area (Å²) < 4.78 is 5.59. The van der Waals surface area contributed by atoms with Gasteiger partial charge in [-0.2, -0.15) is 0 Å². The van der Waals surface area contributed by atoms with E-state index in [0.29, 0.717) is 6.61 Å². The zero-order chi connectivity index (χ0) is 19.2. The van der Waals surface area contributed by atoms with Crippen LogP contribution in [0, 0.1) is 19.8 Å². The lowest BCUT2D eigenvalue weighted by molar-refractivity contribution is -0.121. The van der Waals surface area contributed by atoms with Gasteiger partial charge >= 0.3 is 0 Å². The van der Waals surface area contributed by atoms with Crippen LogP contribution in [0.5, 0.6) is 5.75 Å². The number of aryl methyl sites for hydroxylation is 2. The summed E-state index contributed by atoms with van der Waals surface area (Å²) in [7, 11) is 0. The van der Waals surface area contributed by atoms with Crippen molar-refractivity contribution in [2.45, 2.75) is 40.2 Å². The van der Waals surface area contributed by atoms with Crippen molar-refractivity contribution in [3.63, 3.8) is 0 Å². The number of ether oxygens (including phenoxy) is 1. The van der Waals surface area contributed by atoms with Crippen molar-refractivity contribution < 1.29 is 9.53 Å². The zero-order valence-corrected chi connectivity index (χ0v) is 16.6. The first-order valence-electron chi connectivity index (χ1n) is 9.86. The standard InChI is InChI=1S/C23H30N2O2/c1-4-27-22-7-5-6-19(15-22)16-25-10-8-20(9-11-25)23(26)24-21-13-17(2)12-18(3)14-21/h5-7,12-15,20H,4,8-11,16H2,1-3H3,(H,24,26). The van der Waals surface area contributed by atoms with Gasteiger partial charge in [0.25, 0.3) is 0 Å². The Hall–Kier alpha value is -2.33. The highest BCUT2D eigenvalue weighted by Gasteiger charge is 2.25. The molecular formula is C23H30N2O2. The number of nitrogens with zero attached hydrogens (tertiary/aromatic N) is 1. The van der Waals surface area contributed by atoms with Gasteiger partial charge in [-0.05, 0) is 87.7 Å². The summed E-state index contributed by atoms with van der Waals surface area (Å²) in [6, 6.07) is 14.5. The number of benzene rings is 2. The van der Waals surface area contributed by atoms with E-state index in [9.17, 15) is 4.79 Å². The Bertz CT molecular complexity index is 759. The van der Waals surface area contributed by atoms with Crippen LogP contribution >= 0.6 is 0 Å². The minimum absolute atomic E-state index is 0.0943. The lowest BCUT2D eigenvalue weighted by Gasteiger charge is -2.31. The van der Waals surface area contributed by atoms with Gasteiger partial charge in [0.1, 0.15) is 5.75 Å². The van der Waals surface area contributed by atoms with Gasteiger partial charge in [0.15, 0.2) is 0 Å². The lowest BCUT2D eigenvalue weighted by atomic mass is 9.95. The summed E-state index contributed by atoms with van der Waals surface area (Å²) in [5, 5.41) is 3.11. The average molecular weight is 367 g/mol. The minimum Gasteiger partial charge on any atom is -0.494 e. The summed E-state index contributed by atoms with van der Waals surface area (Å²) in [6.45, 7) is 9.61. The van der Waals surface area contributed by atoms with Crippen LogP contribution in [0.4, 0.5) is 5.69 Å². The number of hydrogen-bond acceptors (Lipinski definition) is 3. The molecule has 4 nitrogen and oxygen atoms in total. The molecule has 1 amide bonds. The van der Waals surface area contributed by atoms with E-state index in [1.807, 2.05) is 31.2 Å². The van der Waals surface area contributed by atoms with Gasteiger partial charge in [0.2, 0.25) is 5.91 Å². The largest absolute Gasteiger partial charge is 0.494 e. The third kappa shape index (κ3) is 5.57. The Morgan fingerprint density at radius 2 is 1.81 bits per heavy atom. The number of likely N-dealkylation sites (tertiary alicyclic amines) is 1. The van der Waals surface area contributed by atoms with Crippen LogP contribution < -0.4 is 10.1 Å². The highest BCUT2D eigenvalue weighted by atomic mass is 16.5. The lowest BCUT2D eigenvalue weighted by Crippen LogP contribution is -2.37. The van der Waals surface area contributed by atoms with Crippen LogP contribution in [-0.4, -0.2) is 30.5 Å². The first-order valence-corrected chi connectivity index (χ1v) is 9.86. The van der Waals surface area contributed by atoms with Gasteiger partial charge in [-0.3, -0.25) is 9.69 Å². The Morgan fingerprint density at radius 1 is 1.11 bits per heavy atom. The number of rotatable bonds is 6. The number of anilines is 1. The number of piperidine rings is 1.